The van der Waals surface area contributed by atoms with E-state index in [1.54, 1.807) is 0 Å². The number of aromatic amines is 1. The van der Waals surface area contributed by atoms with Crippen molar-refractivity contribution in [3.63, 3.8) is 0 Å². The van der Waals surface area contributed by atoms with Crippen LogP contribution in [0.4, 0.5) is 0 Å². The molecule has 5 heteroatoms. The maximum Gasteiger partial charge on any atom is 0.257 e. The van der Waals surface area contributed by atoms with E-state index in [1.165, 1.54) is 0 Å². The Bertz CT molecular complexity index is 379. The van der Waals surface area contributed by atoms with Gasteiger partial charge in [0.05, 0.1) is 11.3 Å². The topological polar surface area (TPSA) is 61.0 Å². The van der Waals surface area contributed by atoms with Gasteiger partial charge in [-0.05, 0) is 13.3 Å². The van der Waals surface area contributed by atoms with Crippen LogP contribution in [0.3, 0.4) is 0 Å². The molecule has 2 heterocycles. The van der Waals surface area contributed by atoms with Crippen molar-refractivity contribution < 1.29 is 4.79 Å². The largest absolute Gasteiger partial charge is 0.336 e. The summed E-state index contributed by atoms with van der Waals surface area (Å²) in [4.78, 5) is 14.2. The Balaban J connectivity index is 2.21. The van der Waals surface area contributed by atoms with E-state index in [-0.39, 0.29) is 5.91 Å². The Kier molecular flexibility index (Phi) is 3.24. The number of aromatic nitrogens is 2. The average Bonchev–Trinajstić information content (AvgIpc) is 2.70. The van der Waals surface area contributed by atoms with Gasteiger partial charge in [-0.25, -0.2) is 0 Å². The molecule has 0 atom stereocenters. The van der Waals surface area contributed by atoms with E-state index in [0.717, 1.165) is 49.6 Å². The zero-order valence-corrected chi connectivity index (χ0v) is 9.84. The van der Waals surface area contributed by atoms with Crippen LogP contribution < -0.4 is 5.32 Å². The predicted octanol–water partition coefficient (Wildman–Crippen LogP) is 0.326. The van der Waals surface area contributed by atoms with Crippen LogP contribution in [0.5, 0.6) is 0 Å². The van der Waals surface area contributed by atoms with Crippen molar-refractivity contribution in [2.75, 3.05) is 26.2 Å². The first-order chi connectivity index (χ1) is 7.74. The summed E-state index contributed by atoms with van der Waals surface area (Å²) in [6, 6.07) is 0. The molecule has 0 saturated carbocycles. The number of hydrogen-bond donors (Lipinski definition) is 2. The Hall–Kier alpha value is -1.36. The Labute approximate surface area is 95.2 Å². The van der Waals surface area contributed by atoms with Gasteiger partial charge < -0.3 is 10.2 Å². The van der Waals surface area contributed by atoms with Gasteiger partial charge in [-0.15, -0.1) is 0 Å². The van der Waals surface area contributed by atoms with Gasteiger partial charge in [-0.3, -0.25) is 9.89 Å². The highest BCUT2D eigenvalue weighted by molar-refractivity contribution is 5.96. The third-order valence-corrected chi connectivity index (χ3v) is 2.98. The molecule has 1 aromatic heterocycles. The first-order valence-corrected chi connectivity index (χ1v) is 5.78. The van der Waals surface area contributed by atoms with E-state index >= 15 is 0 Å². The standard InChI is InChI=1S/C11H18N4O/c1-3-9-10(8(2)13-14-9)11(16)15-6-4-12-5-7-15/h12H,3-7H2,1-2H3,(H,13,14). The molecule has 1 aliphatic rings. The third kappa shape index (κ3) is 1.95. The van der Waals surface area contributed by atoms with Crippen molar-refractivity contribution in [3.8, 4) is 0 Å². The van der Waals surface area contributed by atoms with E-state index < -0.39 is 0 Å². The molecule has 1 fully saturated rings. The van der Waals surface area contributed by atoms with Crippen molar-refractivity contribution in [3.05, 3.63) is 17.0 Å². The number of amides is 1. The van der Waals surface area contributed by atoms with Gasteiger partial charge in [0.25, 0.3) is 5.91 Å². The number of aryl methyl sites for hydroxylation is 2. The summed E-state index contributed by atoms with van der Waals surface area (Å²) in [6.45, 7) is 7.25. The van der Waals surface area contributed by atoms with Crippen LogP contribution in [0.25, 0.3) is 0 Å². The van der Waals surface area contributed by atoms with Crippen molar-refractivity contribution in [1.82, 2.24) is 20.4 Å². The second kappa shape index (κ2) is 4.65. The van der Waals surface area contributed by atoms with E-state index in [1.807, 2.05) is 18.7 Å². The molecule has 1 amide bonds. The molecule has 0 unspecified atom stereocenters. The zero-order valence-electron chi connectivity index (χ0n) is 9.84. The first-order valence-electron chi connectivity index (χ1n) is 5.78. The van der Waals surface area contributed by atoms with Gasteiger partial charge in [-0.1, -0.05) is 6.92 Å². The van der Waals surface area contributed by atoms with Crippen LogP contribution >= 0.6 is 0 Å². The monoisotopic (exact) mass is 222 g/mol. The summed E-state index contributed by atoms with van der Waals surface area (Å²) in [7, 11) is 0. The fraction of sp³-hybridized carbons (Fsp3) is 0.636. The molecule has 2 rings (SSSR count). The molecule has 1 aromatic rings. The SMILES string of the molecule is CCc1n[nH]c(C)c1C(=O)N1CCNCC1. The summed E-state index contributed by atoms with van der Waals surface area (Å²) in [5, 5.41) is 10.3. The quantitative estimate of drug-likeness (QED) is 0.758. The van der Waals surface area contributed by atoms with Gasteiger partial charge >= 0.3 is 0 Å². The second-order valence-electron chi connectivity index (χ2n) is 4.07. The van der Waals surface area contributed by atoms with E-state index in [4.69, 9.17) is 0 Å². The number of H-pyrrole nitrogens is 1. The van der Waals surface area contributed by atoms with Gasteiger partial charge in [-0.2, -0.15) is 5.10 Å². The van der Waals surface area contributed by atoms with Crippen LogP contribution in [0.2, 0.25) is 0 Å². The van der Waals surface area contributed by atoms with Gasteiger partial charge in [0, 0.05) is 31.9 Å². The fourth-order valence-electron chi connectivity index (χ4n) is 2.05. The number of carbonyl (C=O) groups excluding carboxylic acids is 1. The third-order valence-electron chi connectivity index (χ3n) is 2.98. The number of hydrogen-bond acceptors (Lipinski definition) is 3. The van der Waals surface area contributed by atoms with Crippen LogP contribution in [-0.4, -0.2) is 47.2 Å². The van der Waals surface area contributed by atoms with Crippen molar-refractivity contribution in [2.24, 2.45) is 0 Å². The maximum absolute atomic E-state index is 12.3. The van der Waals surface area contributed by atoms with E-state index in [2.05, 4.69) is 15.5 Å². The highest BCUT2D eigenvalue weighted by Crippen LogP contribution is 2.14. The summed E-state index contributed by atoms with van der Waals surface area (Å²) >= 11 is 0. The Morgan fingerprint density at radius 1 is 1.44 bits per heavy atom. The molecule has 16 heavy (non-hydrogen) atoms. The van der Waals surface area contributed by atoms with Gasteiger partial charge in [0.1, 0.15) is 0 Å². The Morgan fingerprint density at radius 3 is 2.75 bits per heavy atom. The first kappa shape index (κ1) is 11.1. The van der Waals surface area contributed by atoms with Crippen molar-refractivity contribution >= 4 is 5.91 Å². The number of carbonyl (C=O) groups is 1. The minimum Gasteiger partial charge on any atom is -0.336 e. The molecular formula is C11H18N4O. The fourth-order valence-corrected chi connectivity index (χ4v) is 2.05. The molecule has 2 N–H and O–H groups in total. The molecule has 1 aliphatic heterocycles. The van der Waals surface area contributed by atoms with Crippen molar-refractivity contribution in [1.29, 1.82) is 0 Å². The summed E-state index contributed by atoms with van der Waals surface area (Å²) in [5.74, 6) is 0.115. The highest BCUT2D eigenvalue weighted by Gasteiger charge is 2.23. The maximum atomic E-state index is 12.3. The smallest absolute Gasteiger partial charge is 0.257 e. The second-order valence-corrected chi connectivity index (χ2v) is 4.07. The molecule has 0 spiro atoms. The number of nitrogens with zero attached hydrogens (tertiary/aromatic N) is 2. The van der Waals surface area contributed by atoms with Crippen molar-refractivity contribution in [2.45, 2.75) is 20.3 Å². The number of nitrogens with one attached hydrogen (secondary N) is 2. The summed E-state index contributed by atoms with van der Waals surface area (Å²) in [5.41, 5.74) is 2.52. The molecule has 0 radical (unpaired) electrons. The molecule has 1 saturated heterocycles. The van der Waals surface area contributed by atoms with Crippen LogP contribution in [0.15, 0.2) is 0 Å². The zero-order chi connectivity index (χ0) is 11.5. The summed E-state index contributed by atoms with van der Waals surface area (Å²) < 4.78 is 0. The Morgan fingerprint density at radius 2 is 2.12 bits per heavy atom. The number of rotatable bonds is 2. The van der Waals surface area contributed by atoms with Gasteiger partial charge in [0.15, 0.2) is 0 Å². The molecule has 88 valence electrons. The minimum atomic E-state index is 0.115. The van der Waals surface area contributed by atoms with Crippen LogP contribution in [0, 0.1) is 6.92 Å². The van der Waals surface area contributed by atoms with E-state index in [0.29, 0.717) is 0 Å². The molecule has 0 bridgehead atoms. The molecule has 0 aromatic carbocycles. The lowest BCUT2D eigenvalue weighted by atomic mass is 10.1. The molecular weight excluding hydrogens is 204 g/mol. The normalized spacial score (nSPS) is 16.5. The van der Waals surface area contributed by atoms with Crippen LogP contribution in [-0.2, 0) is 6.42 Å². The minimum absolute atomic E-state index is 0.115. The predicted molar refractivity (Wildman–Crippen MR) is 61.5 cm³/mol. The van der Waals surface area contributed by atoms with Crippen LogP contribution in [0.1, 0.15) is 28.7 Å². The molecule has 5 nitrogen and oxygen atoms in total. The lowest BCUT2D eigenvalue weighted by molar-refractivity contribution is 0.0734. The summed E-state index contributed by atoms with van der Waals surface area (Å²) in [6.07, 6.45) is 0.789. The number of piperazine rings is 1. The van der Waals surface area contributed by atoms with Gasteiger partial charge in [0.2, 0.25) is 0 Å². The van der Waals surface area contributed by atoms with E-state index in [9.17, 15) is 4.79 Å². The lowest BCUT2D eigenvalue weighted by Gasteiger charge is -2.27. The lowest BCUT2D eigenvalue weighted by Crippen LogP contribution is -2.46. The molecule has 0 aliphatic carbocycles. The highest BCUT2D eigenvalue weighted by atomic mass is 16.2. The average molecular weight is 222 g/mol.